The van der Waals surface area contributed by atoms with Crippen LogP contribution in [-0.2, 0) is 25.7 Å². The summed E-state index contributed by atoms with van der Waals surface area (Å²) < 4.78 is 40.0. The second-order valence-electron chi connectivity index (χ2n) is 6.45. The van der Waals surface area contributed by atoms with Gasteiger partial charge in [-0.05, 0) is 18.6 Å². The molecule has 2 aromatic heterocycles. The Hall–Kier alpha value is -2.16. The molecule has 6 nitrogen and oxygen atoms in total. The van der Waals surface area contributed by atoms with E-state index in [-0.39, 0.29) is 0 Å². The number of piperazine rings is 1. The maximum absolute atomic E-state index is 12.6. The lowest BCUT2D eigenvalue weighted by Gasteiger charge is -2.35. The number of nitrogens with zero attached hydrogens (tertiary/aromatic N) is 6. The Balaban J connectivity index is 1.35. The first kappa shape index (κ1) is 16.3. The minimum Gasteiger partial charge on any atom is -0.354 e. The molecule has 25 heavy (non-hydrogen) atoms. The van der Waals surface area contributed by atoms with Gasteiger partial charge in [-0.3, -0.25) is 4.90 Å². The number of alkyl halides is 3. The van der Waals surface area contributed by atoms with Crippen LogP contribution in [-0.4, -0.2) is 50.8 Å². The summed E-state index contributed by atoms with van der Waals surface area (Å²) in [6, 6.07) is 2.54. The number of fused-ring (bicyclic) bond motifs is 1. The molecule has 0 spiro atoms. The third-order valence-corrected chi connectivity index (χ3v) is 4.82. The van der Waals surface area contributed by atoms with Crippen LogP contribution < -0.4 is 4.90 Å². The van der Waals surface area contributed by atoms with Crippen molar-refractivity contribution in [3.05, 3.63) is 35.5 Å². The normalized spacial score (nSPS) is 18.6. The smallest absolute Gasteiger partial charge is 0.354 e. The lowest BCUT2D eigenvalue weighted by Crippen LogP contribution is -2.46. The summed E-state index contributed by atoms with van der Waals surface area (Å²) in [6.07, 6.45) is -1.31. The largest absolute Gasteiger partial charge is 0.417 e. The zero-order chi connectivity index (χ0) is 17.4. The van der Waals surface area contributed by atoms with E-state index < -0.39 is 11.7 Å². The van der Waals surface area contributed by atoms with Gasteiger partial charge in [0.25, 0.3) is 0 Å². The Morgan fingerprint density at radius 2 is 1.80 bits per heavy atom. The first-order valence-electron chi connectivity index (χ1n) is 8.42. The molecule has 0 saturated carbocycles. The van der Waals surface area contributed by atoms with Crippen LogP contribution in [0, 0.1) is 0 Å². The molecule has 0 radical (unpaired) electrons. The molecule has 134 valence electrons. The van der Waals surface area contributed by atoms with Crippen molar-refractivity contribution < 1.29 is 13.2 Å². The van der Waals surface area contributed by atoms with Gasteiger partial charge in [-0.15, -0.1) is 10.2 Å². The quantitative estimate of drug-likeness (QED) is 0.845. The van der Waals surface area contributed by atoms with Crippen LogP contribution >= 0.6 is 0 Å². The van der Waals surface area contributed by atoms with Crippen LogP contribution in [0.5, 0.6) is 0 Å². The van der Waals surface area contributed by atoms with E-state index in [1.165, 1.54) is 6.07 Å². The predicted octanol–water partition coefficient (Wildman–Crippen LogP) is 1.96. The van der Waals surface area contributed by atoms with Crippen molar-refractivity contribution in [1.29, 1.82) is 0 Å². The number of rotatable bonds is 3. The van der Waals surface area contributed by atoms with Gasteiger partial charge in [0.2, 0.25) is 0 Å². The van der Waals surface area contributed by atoms with Gasteiger partial charge < -0.3 is 9.47 Å². The number of pyridine rings is 1. The zero-order valence-electron chi connectivity index (χ0n) is 13.7. The number of aromatic nitrogens is 4. The summed E-state index contributed by atoms with van der Waals surface area (Å²) in [4.78, 5) is 8.30. The summed E-state index contributed by atoms with van der Waals surface area (Å²) in [5, 5.41) is 8.51. The highest BCUT2D eigenvalue weighted by Crippen LogP contribution is 2.29. The molecular weight excluding hydrogens is 333 g/mol. The third-order valence-electron chi connectivity index (χ3n) is 4.82. The van der Waals surface area contributed by atoms with Gasteiger partial charge >= 0.3 is 6.18 Å². The molecule has 0 amide bonds. The Morgan fingerprint density at radius 1 is 1.00 bits per heavy atom. The minimum atomic E-state index is -4.34. The molecule has 4 rings (SSSR count). The van der Waals surface area contributed by atoms with Gasteiger partial charge in [0.15, 0.2) is 0 Å². The second-order valence-corrected chi connectivity index (χ2v) is 6.45. The predicted molar refractivity (Wildman–Crippen MR) is 85.1 cm³/mol. The van der Waals surface area contributed by atoms with E-state index in [2.05, 4.69) is 24.6 Å². The average molecular weight is 352 g/mol. The molecule has 4 heterocycles. The van der Waals surface area contributed by atoms with Crippen molar-refractivity contribution in [1.82, 2.24) is 24.6 Å². The molecule has 0 aliphatic carbocycles. The van der Waals surface area contributed by atoms with E-state index in [1.807, 2.05) is 4.90 Å². The van der Waals surface area contributed by atoms with Gasteiger partial charge in [0, 0.05) is 45.3 Å². The Labute approximate surface area is 143 Å². The fourth-order valence-corrected chi connectivity index (χ4v) is 3.40. The number of anilines is 1. The standard InChI is InChI=1S/C16H19F3N6/c17-16(18,19)12-3-4-13(20-10-12)24-8-6-23(7-9-24)11-15-22-21-14-2-1-5-25(14)15/h3-4,10H,1-2,5-9,11H2. The lowest BCUT2D eigenvalue weighted by atomic mass is 10.2. The van der Waals surface area contributed by atoms with Crippen LogP contribution in [0.4, 0.5) is 19.0 Å². The molecule has 2 aliphatic heterocycles. The van der Waals surface area contributed by atoms with Crippen molar-refractivity contribution in [2.45, 2.75) is 32.1 Å². The molecule has 2 aliphatic rings. The molecular formula is C16H19F3N6. The Bertz CT molecular complexity index is 731. The van der Waals surface area contributed by atoms with Crippen molar-refractivity contribution in [3.63, 3.8) is 0 Å². The van der Waals surface area contributed by atoms with Gasteiger partial charge in [-0.2, -0.15) is 13.2 Å². The minimum absolute atomic E-state index is 0.594. The summed E-state index contributed by atoms with van der Waals surface area (Å²) >= 11 is 0. The van der Waals surface area contributed by atoms with Crippen LogP contribution in [0.25, 0.3) is 0 Å². The van der Waals surface area contributed by atoms with Crippen molar-refractivity contribution >= 4 is 5.82 Å². The fraction of sp³-hybridized carbons (Fsp3) is 0.562. The fourth-order valence-electron chi connectivity index (χ4n) is 3.40. The zero-order valence-corrected chi connectivity index (χ0v) is 13.7. The van der Waals surface area contributed by atoms with Gasteiger partial charge in [0.1, 0.15) is 17.5 Å². The first-order valence-corrected chi connectivity index (χ1v) is 8.42. The van der Waals surface area contributed by atoms with Crippen molar-refractivity contribution in [2.75, 3.05) is 31.1 Å². The summed E-state index contributed by atoms with van der Waals surface area (Å²) in [7, 11) is 0. The van der Waals surface area contributed by atoms with Crippen LogP contribution in [0.1, 0.15) is 23.6 Å². The van der Waals surface area contributed by atoms with Gasteiger partial charge in [0.05, 0.1) is 12.1 Å². The van der Waals surface area contributed by atoms with Crippen molar-refractivity contribution in [2.24, 2.45) is 0 Å². The van der Waals surface area contributed by atoms with Crippen LogP contribution in [0.15, 0.2) is 18.3 Å². The Kier molecular flexibility index (Phi) is 4.10. The van der Waals surface area contributed by atoms with Gasteiger partial charge in [-0.1, -0.05) is 0 Å². The van der Waals surface area contributed by atoms with E-state index in [9.17, 15) is 13.2 Å². The molecule has 1 fully saturated rings. The molecule has 0 N–H and O–H groups in total. The van der Waals surface area contributed by atoms with Crippen molar-refractivity contribution in [3.8, 4) is 0 Å². The molecule has 0 atom stereocenters. The highest BCUT2D eigenvalue weighted by atomic mass is 19.4. The third kappa shape index (κ3) is 3.33. The first-order chi connectivity index (χ1) is 12.0. The van der Waals surface area contributed by atoms with E-state index in [1.54, 1.807) is 0 Å². The summed E-state index contributed by atoms with van der Waals surface area (Å²) in [6.45, 7) is 4.88. The van der Waals surface area contributed by atoms with Crippen LogP contribution in [0.2, 0.25) is 0 Å². The number of hydrogen-bond acceptors (Lipinski definition) is 5. The number of halogens is 3. The highest BCUT2D eigenvalue weighted by molar-refractivity contribution is 5.40. The van der Waals surface area contributed by atoms with E-state index in [0.717, 1.165) is 76.0 Å². The summed E-state index contributed by atoms with van der Waals surface area (Å²) in [5.41, 5.74) is -0.712. The molecule has 1 saturated heterocycles. The molecule has 0 aromatic carbocycles. The average Bonchev–Trinajstić information content (AvgIpc) is 3.20. The number of hydrogen-bond donors (Lipinski definition) is 0. The number of aryl methyl sites for hydroxylation is 1. The van der Waals surface area contributed by atoms with Gasteiger partial charge in [-0.25, -0.2) is 4.98 Å². The van der Waals surface area contributed by atoms with E-state index >= 15 is 0 Å². The highest BCUT2D eigenvalue weighted by Gasteiger charge is 2.31. The summed E-state index contributed by atoms with van der Waals surface area (Å²) in [5.74, 6) is 2.67. The SMILES string of the molecule is FC(F)(F)c1ccc(N2CCN(Cc3nnc4n3CCC4)CC2)nc1. The molecule has 0 bridgehead atoms. The second kappa shape index (κ2) is 6.29. The topological polar surface area (TPSA) is 50.1 Å². The lowest BCUT2D eigenvalue weighted by molar-refractivity contribution is -0.137. The Morgan fingerprint density at radius 3 is 2.48 bits per heavy atom. The maximum Gasteiger partial charge on any atom is 0.417 e. The molecule has 9 heteroatoms. The van der Waals surface area contributed by atoms with E-state index in [0.29, 0.717) is 5.82 Å². The maximum atomic E-state index is 12.6. The molecule has 2 aromatic rings. The van der Waals surface area contributed by atoms with E-state index in [4.69, 9.17) is 0 Å². The van der Waals surface area contributed by atoms with Crippen LogP contribution in [0.3, 0.4) is 0 Å². The monoisotopic (exact) mass is 352 g/mol. The molecule has 0 unspecified atom stereocenters.